The Morgan fingerprint density at radius 1 is 0.975 bits per heavy atom. The van der Waals surface area contributed by atoms with Crippen LogP contribution in [0, 0.1) is 0 Å². The van der Waals surface area contributed by atoms with Crippen LogP contribution < -0.4 is 5.32 Å². The van der Waals surface area contributed by atoms with Crippen LogP contribution in [0.4, 0.5) is 4.79 Å². The van der Waals surface area contributed by atoms with E-state index < -0.39 is 35.9 Å². The number of carbonyl (C=O) groups is 1. The zero-order valence-corrected chi connectivity index (χ0v) is 22.2. The van der Waals surface area contributed by atoms with Gasteiger partial charge < -0.3 is 34.1 Å². The first-order valence-corrected chi connectivity index (χ1v) is 13.5. The zero-order valence-electron chi connectivity index (χ0n) is 22.2. The molecule has 3 aromatic rings. The van der Waals surface area contributed by atoms with Crippen LogP contribution >= 0.6 is 0 Å². The molecule has 2 saturated heterocycles. The molecule has 4 atom stereocenters. The smallest absolute Gasteiger partial charge is 0.407 e. The number of fused-ring (bicyclic) bond motifs is 5. The lowest BCUT2D eigenvalue weighted by atomic mass is 9.98. The van der Waals surface area contributed by atoms with Crippen molar-refractivity contribution in [2.24, 2.45) is 4.99 Å². The van der Waals surface area contributed by atoms with Crippen molar-refractivity contribution in [2.45, 2.75) is 49.6 Å². The highest BCUT2D eigenvalue weighted by molar-refractivity contribution is 5.95. The summed E-state index contributed by atoms with van der Waals surface area (Å²) >= 11 is 0. The number of ether oxygens (including phenoxy) is 5. The van der Waals surface area contributed by atoms with Gasteiger partial charge in [-0.3, -0.25) is 0 Å². The van der Waals surface area contributed by atoms with E-state index in [4.69, 9.17) is 28.7 Å². The lowest BCUT2D eigenvalue weighted by Crippen LogP contribution is -2.43. The highest BCUT2D eigenvalue weighted by Crippen LogP contribution is 2.47. The zero-order chi connectivity index (χ0) is 27.5. The van der Waals surface area contributed by atoms with E-state index in [-0.39, 0.29) is 31.4 Å². The molecule has 0 saturated carbocycles. The number of aliphatic imine (C=N–C) groups is 1. The third-order valence-corrected chi connectivity index (χ3v) is 7.91. The summed E-state index contributed by atoms with van der Waals surface area (Å²) in [6.45, 7) is 4.21. The number of phenols is 1. The van der Waals surface area contributed by atoms with Gasteiger partial charge in [-0.1, -0.05) is 48.5 Å². The van der Waals surface area contributed by atoms with Crippen LogP contribution in [-0.4, -0.2) is 66.7 Å². The van der Waals surface area contributed by atoms with Crippen LogP contribution in [0.25, 0.3) is 11.1 Å². The maximum absolute atomic E-state index is 12.8. The van der Waals surface area contributed by atoms with E-state index in [9.17, 15) is 9.90 Å². The minimum atomic E-state index is -1.11. The average molecular weight is 543 g/mol. The maximum atomic E-state index is 12.8. The minimum Gasteiger partial charge on any atom is -0.508 e. The Morgan fingerprint density at radius 3 is 2.35 bits per heavy atom. The molecular formula is C31H30N2O7. The third-order valence-electron chi connectivity index (χ3n) is 7.91. The second kappa shape index (κ2) is 9.33. The van der Waals surface area contributed by atoms with Crippen molar-refractivity contribution in [3.05, 3.63) is 89.5 Å². The van der Waals surface area contributed by atoms with Crippen molar-refractivity contribution < 1.29 is 33.6 Å². The Balaban J connectivity index is 1.03. The van der Waals surface area contributed by atoms with Crippen LogP contribution in [-0.2, 0) is 23.7 Å². The van der Waals surface area contributed by atoms with Gasteiger partial charge in [-0.05, 0) is 60.4 Å². The molecule has 9 nitrogen and oxygen atoms in total. The van der Waals surface area contributed by atoms with Gasteiger partial charge in [0.1, 0.15) is 37.3 Å². The SMILES string of the molecule is CC1(C)OC2C(CNC(=O)OCC3c4ccccc4-c4ccccc43)OC3(COC(c4ccc(O)cc4)=N3)C2O1. The van der Waals surface area contributed by atoms with E-state index in [1.807, 2.05) is 38.1 Å². The van der Waals surface area contributed by atoms with Crippen LogP contribution in [0.15, 0.2) is 77.8 Å². The Bertz CT molecular complexity index is 1440. The quantitative estimate of drug-likeness (QED) is 0.494. The van der Waals surface area contributed by atoms with Crippen LogP contribution in [0.2, 0.25) is 0 Å². The number of nitrogens with zero attached hydrogens (tertiary/aromatic N) is 1. The molecule has 1 amide bonds. The fourth-order valence-electron chi connectivity index (χ4n) is 6.16. The summed E-state index contributed by atoms with van der Waals surface area (Å²) in [4.78, 5) is 17.6. The van der Waals surface area contributed by atoms with Crippen LogP contribution in [0.1, 0.15) is 36.5 Å². The van der Waals surface area contributed by atoms with Gasteiger partial charge in [0.25, 0.3) is 0 Å². The molecule has 2 fully saturated rings. The Morgan fingerprint density at radius 2 is 1.65 bits per heavy atom. The number of hydrogen-bond acceptors (Lipinski definition) is 8. The molecule has 7 rings (SSSR count). The van der Waals surface area contributed by atoms with E-state index in [2.05, 4.69) is 29.6 Å². The van der Waals surface area contributed by atoms with Crippen molar-refractivity contribution in [1.82, 2.24) is 5.32 Å². The fourth-order valence-corrected chi connectivity index (χ4v) is 6.16. The van der Waals surface area contributed by atoms with Gasteiger partial charge in [-0.2, -0.15) is 0 Å². The lowest BCUT2D eigenvalue weighted by molar-refractivity contribution is -0.208. The molecule has 0 aromatic heterocycles. The summed E-state index contributed by atoms with van der Waals surface area (Å²) in [7, 11) is 0. The van der Waals surface area contributed by atoms with Crippen molar-refractivity contribution >= 4 is 12.0 Å². The molecule has 2 N–H and O–H groups in total. The standard InChI is InChI=1S/C31H30N2O7/c1-30(2)39-26-25(38-31(27(26)40-30)17-37-28(33-31)18-11-13-19(34)14-12-18)15-32-29(35)36-16-24-22-9-5-3-7-20(22)21-8-4-6-10-23(21)24/h3-14,24-27,34H,15-17H2,1-2H3,(H,32,35). The molecular weight excluding hydrogens is 512 g/mol. The summed E-state index contributed by atoms with van der Waals surface area (Å²) in [5.74, 6) is -0.311. The summed E-state index contributed by atoms with van der Waals surface area (Å²) in [5, 5.41) is 12.5. The molecule has 0 radical (unpaired) electrons. The van der Waals surface area contributed by atoms with Gasteiger partial charge in [-0.15, -0.1) is 0 Å². The molecule has 1 aliphatic carbocycles. The molecule has 0 bridgehead atoms. The molecule has 40 heavy (non-hydrogen) atoms. The monoisotopic (exact) mass is 542 g/mol. The first kappa shape index (κ1) is 25.1. The predicted molar refractivity (Wildman–Crippen MR) is 145 cm³/mol. The minimum absolute atomic E-state index is 0.0239. The Kier molecular flexibility index (Phi) is 5.85. The Hall–Kier alpha value is -3.92. The number of carbonyl (C=O) groups excluding carboxylic acids is 1. The van der Waals surface area contributed by atoms with E-state index in [0.717, 1.165) is 11.1 Å². The number of phenolic OH excluding ortho intramolecular Hbond substituents is 1. The topological polar surface area (TPSA) is 108 Å². The first-order valence-electron chi connectivity index (χ1n) is 13.5. The normalized spacial score (nSPS) is 27.6. The summed E-state index contributed by atoms with van der Waals surface area (Å²) in [6.07, 6.45) is -2.04. The maximum Gasteiger partial charge on any atom is 0.407 e. The summed E-state index contributed by atoms with van der Waals surface area (Å²) in [6, 6.07) is 23.0. The second-order valence-electron chi connectivity index (χ2n) is 11.0. The van der Waals surface area contributed by atoms with Crippen molar-refractivity contribution in [3.63, 3.8) is 0 Å². The molecule has 3 aromatic carbocycles. The van der Waals surface area contributed by atoms with Gasteiger partial charge in [0.2, 0.25) is 11.6 Å². The first-order chi connectivity index (χ1) is 19.3. The highest BCUT2D eigenvalue weighted by Gasteiger charge is 2.65. The lowest BCUT2D eigenvalue weighted by Gasteiger charge is -2.27. The van der Waals surface area contributed by atoms with Crippen molar-refractivity contribution in [1.29, 1.82) is 0 Å². The fraction of sp³-hybridized carbons (Fsp3) is 0.355. The van der Waals surface area contributed by atoms with Crippen molar-refractivity contribution in [3.8, 4) is 16.9 Å². The molecule has 3 heterocycles. The van der Waals surface area contributed by atoms with Gasteiger partial charge in [0, 0.05) is 18.0 Å². The largest absolute Gasteiger partial charge is 0.508 e. The molecule has 9 heteroatoms. The number of nitrogens with one attached hydrogen (secondary N) is 1. The molecule has 1 spiro atoms. The highest BCUT2D eigenvalue weighted by atomic mass is 16.8. The van der Waals surface area contributed by atoms with E-state index in [1.165, 1.54) is 11.1 Å². The molecule has 4 unspecified atom stereocenters. The van der Waals surface area contributed by atoms with E-state index >= 15 is 0 Å². The van der Waals surface area contributed by atoms with E-state index in [0.29, 0.717) is 11.5 Å². The van der Waals surface area contributed by atoms with Crippen LogP contribution in [0.5, 0.6) is 5.75 Å². The number of benzene rings is 3. The number of hydrogen-bond donors (Lipinski definition) is 2. The summed E-state index contributed by atoms with van der Waals surface area (Å²) in [5.41, 5.74) is 4.27. The van der Waals surface area contributed by atoms with Crippen molar-refractivity contribution in [2.75, 3.05) is 19.8 Å². The van der Waals surface area contributed by atoms with Gasteiger partial charge in [0.05, 0.1) is 0 Å². The number of amides is 1. The van der Waals surface area contributed by atoms with Gasteiger partial charge >= 0.3 is 6.09 Å². The third kappa shape index (κ3) is 4.21. The molecule has 4 aliphatic rings. The Labute approximate surface area is 231 Å². The second-order valence-corrected chi connectivity index (χ2v) is 11.0. The number of rotatable bonds is 5. The van der Waals surface area contributed by atoms with Crippen LogP contribution in [0.3, 0.4) is 0 Å². The van der Waals surface area contributed by atoms with Gasteiger partial charge in [0.15, 0.2) is 5.79 Å². The molecule has 3 aliphatic heterocycles. The van der Waals surface area contributed by atoms with E-state index in [1.54, 1.807) is 24.3 Å². The summed E-state index contributed by atoms with van der Waals surface area (Å²) < 4.78 is 30.4. The average Bonchev–Trinajstić information content (AvgIpc) is 3.68. The predicted octanol–water partition coefficient (Wildman–Crippen LogP) is 4.32. The number of alkyl carbamates (subject to hydrolysis) is 1. The number of aromatic hydroxyl groups is 1. The molecule has 206 valence electrons. The van der Waals surface area contributed by atoms with Gasteiger partial charge in [-0.25, -0.2) is 9.79 Å².